The minimum atomic E-state index is -0.495. The summed E-state index contributed by atoms with van der Waals surface area (Å²) >= 11 is 0. The molecule has 2 atom stereocenters. The Morgan fingerprint density at radius 2 is 2.21 bits per heavy atom. The minimum absolute atomic E-state index is 0.162. The van der Waals surface area contributed by atoms with Gasteiger partial charge in [0.1, 0.15) is 11.5 Å². The molecule has 0 bridgehead atoms. The molecule has 1 aromatic rings. The summed E-state index contributed by atoms with van der Waals surface area (Å²) in [7, 11) is 0. The molecular weight excluding hydrogens is 248 g/mol. The van der Waals surface area contributed by atoms with E-state index < -0.39 is 11.2 Å². The Kier molecular flexibility index (Phi) is 3.94. The van der Waals surface area contributed by atoms with Gasteiger partial charge in [-0.1, -0.05) is 0 Å². The minimum Gasteiger partial charge on any atom is -0.393 e. The van der Waals surface area contributed by atoms with Gasteiger partial charge in [-0.05, 0) is 32.1 Å². The third kappa shape index (κ3) is 2.81. The van der Waals surface area contributed by atoms with Crippen molar-refractivity contribution >= 4 is 11.5 Å². The maximum absolute atomic E-state index is 11.7. The summed E-state index contributed by atoms with van der Waals surface area (Å²) < 4.78 is 1.31. The van der Waals surface area contributed by atoms with Crippen molar-refractivity contribution in [2.45, 2.75) is 38.8 Å². The maximum Gasteiger partial charge on any atom is 0.330 e. The zero-order valence-electron chi connectivity index (χ0n) is 11.0. The molecule has 0 radical (unpaired) electrons. The van der Waals surface area contributed by atoms with E-state index in [9.17, 15) is 14.7 Å². The highest BCUT2D eigenvalue weighted by molar-refractivity contribution is 5.60. The first-order valence-corrected chi connectivity index (χ1v) is 6.57. The van der Waals surface area contributed by atoms with Gasteiger partial charge < -0.3 is 16.2 Å². The number of H-pyrrole nitrogens is 1. The number of anilines is 2. The molecule has 2 unspecified atom stereocenters. The van der Waals surface area contributed by atoms with Crippen LogP contribution in [0.15, 0.2) is 9.59 Å². The summed E-state index contributed by atoms with van der Waals surface area (Å²) in [6.07, 6.45) is 2.22. The van der Waals surface area contributed by atoms with E-state index in [2.05, 4.69) is 10.3 Å². The molecule has 0 saturated heterocycles. The Hall–Kier alpha value is -1.76. The van der Waals surface area contributed by atoms with Crippen molar-refractivity contribution in [3.63, 3.8) is 0 Å². The lowest BCUT2D eigenvalue weighted by atomic mass is 10.1. The first-order chi connectivity index (χ1) is 9.02. The second-order valence-electron chi connectivity index (χ2n) is 4.98. The molecule has 1 fully saturated rings. The summed E-state index contributed by atoms with van der Waals surface area (Å²) in [6.45, 7) is 2.76. The Morgan fingerprint density at radius 3 is 2.79 bits per heavy atom. The van der Waals surface area contributed by atoms with Crippen molar-refractivity contribution in [2.24, 2.45) is 5.92 Å². The quantitative estimate of drug-likeness (QED) is 0.599. The number of nitrogen functional groups attached to an aromatic ring is 1. The molecule has 106 valence electrons. The van der Waals surface area contributed by atoms with Crippen molar-refractivity contribution in [3.05, 3.63) is 20.8 Å². The predicted octanol–water partition coefficient (Wildman–Crippen LogP) is -0.288. The van der Waals surface area contributed by atoms with E-state index >= 15 is 0 Å². The molecule has 0 amide bonds. The van der Waals surface area contributed by atoms with Crippen LogP contribution in [-0.2, 0) is 6.54 Å². The average molecular weight is 268 g/mol. The second-order valence-corrected chi connectivity index (χ2v) is 4.98. The largest absolute Gasteiger partial charge is 0.393 e. The lowest BCUT2D eigenvalue weighted by Gasteiger charge is -2.15. The fourth-order valence-corrected chi connectivity index (χ4v) is 2.55. The van der Waals surface area contributed by atoms with Crippen LogP contribution >= 0.6 is 0 Å². The highest BCUT2D eigenvalue weighted by atomic mass is 16.3. The van der Waals surface area contributed by atoms with E-state index in [0.29, 0.717) is 19.0 Å². The standard InChI is InChI=1S/C12H20N4O3/c1-2-16-10(13)9(11(18)15-12(16)19)14-6-7-3-4-8(17)5-7/h7-8,14,17H,2-6,13H2,1H3,(H,15,18,19). The highest BCUT2D eigenvalue weighted by Gasteiger charge is 2.23. The molecular formula is C12H20N4O3. The summed E-state index contributed by atoms with van der Waals surface area (Å²) in [5.41, 5.74) is 5.09. The van der Waals surface area contributed by atoms with E-state index in [1.54, 1.807) is 6.92 Å². The van der Waals surface area contributed by atoms with Gasteiger partial charge in [0.05, 0.1) is 6.10 Å². The van der Waals surface area contributed by atoms with Crippen LogP contribution in [0.1, 0.15) is 26.2 Å². The molecule has 7 heteroatoms. The molecule has 0 aromatic carbocycles. The lowest BCUT2D eigenvalue weighted by molar-refractivity contribution is 0.178. The fraction of sp³-hybridized carbons (Fsp3) is 0.667. The zero-order chi connectivity index (χ0) is 14.0. The summed E-state index contributed by atoms with van der Waals surface area (Å²) in [5, 5.41) is 12.5. The monoisotopic (exact) mass is 268 g/mol. The molecule has 1 heterocycles. The lowest BCUT2D eigenvalue weighted by Crippen LogP contribution is -2.34. The molecule has 19 heavy (non-hydrogen) atoms. The van der Waals surface area contributed by atoms with Gasteiger partial charge >= 0.3 is 5.69 Å². The van der Waals surface area contributed by atoms with Gasteiger partial charge in [0, 0.05) is 13.1 Å². The van der Waals surface area contributed by atoms with Gasteiger partial charge in [0.15, 0.2) is 0 Å². The number of aliphatic hydroxyl groups excluding tert-OH is 1. The topological polar surface area (TPSA) is 113 Å². The normalized spacial score (nSPS) is 22.6. The van der Waals surface area contributed by atoms with Crippen LogP contribution in [0.25, 0.3) is 0 Å². The third-order valence-corrected chi connectivity index (χ3v) is 3.64. The van der Waals surface area contributed by atoms with Crippen LogP contribution in [0.2, 0.25) is 0 Å². The molecule has 1 aromatic heterocycles. The van der Waals surface area contributed by atoms with Gasteiger partial charge in [0.2, 0.25) is 0 Å². The van der Waals surface area contributed by atoms with Crippen LogP contribution in [-0.4, -0.2) is 27.3 Å². The predicted molar refractivity (Wildman–Crippen MR) is 73.2 cm³/mol. The number of nitrogens with zero attached hydrogens (tertiary/aromatic N) is 1. The number of aromatic amines is 1. The van der Waals surface area contributed by atoms with Crippen molar-refractivity contribution in [2.75, 3.05) is 17.6 Å². The van der Waals surface area contributed by atoms with Crippen molar-refractivity contribution in [1.82, 2.24) is 9.55 Å². The van der Waals surface area contributed by atoms with Crippen molar-refractivity contribution in [3.8, 4) is 0 Å². The van der Waals surface area contributed by atoms with Gasteiger partial charge in [-0.3, -0.25) is 14.3 Å². The van der Waals surface area contributed by atoms with Crippen molar-refractivity contribution in [1.29, 1.82) is 0 Å². The summed E-state index contributed by atoms with van der Waals surface area (Å²) in [6, 6.07) is 0. The smallest absolute Gasteiger partial charge is 0.330 e. The number of rotatable bonds is 4. The summed E-state index contributed by atoms with van der Waals surface area (Å²) in [4.78, 5) is 25.5. The van der Waals surface area contributed by atoms with E-state index in [4.69, 9.17) is 5.73 Å². The number of nitrogens with one attached hydrogen (secondary N) is 2. The maximum atomic E-state index is 11.7. The molecule has 1 aliphatic carbocycles. The van der Waals surface area contributed by atoms with Gasteiger partial charge in [-0.25, -0.2) is 4.79 Å². The van der Waals surface area contributed by atoms with Gasteiger partial charge in [-0.15, -0.1) is 0 Å². The molecule has 2 rings (SSSR count). The van der Waals surface area contributed by atoms with E-state index in [-0.39, 0.29) is 17.6 Å². The molecule has 1 saturated carbocycles. The van der Waals surface area contributed by atoms with Crippen LogP contribution in [0, 0.1) is 5.92 Å². The molecule has 7 nitrogen and oxygen atoms in total. The molecule has 5 N–H and O–H groups in total. The SMILES string of the molecule is CCn1c(N)c(NCC2CCC(O)C2)c(=O)[nH]c1=O. The van der Waals surface area contributed by atoms with E-state index in [0.717, 1.165) is 19.3 Å². The number of hydrogen-bond donors (Lipinski definition) is 4. The molecule has 0 aliphatic heterocycles. The first-order valence-electron chi connectivity index (χ1n) is 6.57. The highest BCUT2D eigenvalue weighted by Crippen LogP contribution is 2.25. The number of aromatic nitrogens is 2. The number of aliphatic hydroxyl groups is 1. The Bertz CT molecular complexity index is 563. The molecule has 0 spiro atoms. The van der Waals surface area contributed by atoms with Crippen LogP contribution < -0.4 is 22.3 Å². The first kappa shape index (κ1) is 13.7. The molecule has 1 aliphatic rings. The number of nitrogens with two attached hydrogens (primary N) is 1. The van der Waals surface area contributed by atoms with E-state index in [1.807, 2.05) is 0 Å². The van der Waals surface area contributed by atoms with Crippen molar-refractivity contribution < 1.29 is 5.11 Å². The summed E-state index contributed by atoms with van der Waals surface area (Å²) in [5.74, 6) is 0.491. The Labute approximate surface area is 110 Å². The van der Waals surface area contributed by atoms with Crippen LogP contribution in [0.4, 0.5) is 11.5 Å². The van der Waals surface area contributed by atoms with Gasteiger partial charge in [-0.2, -0.15) is 0 Å². The average Bonchev–Trinajstić information content (AvgIpc) is 2.75. The zero-order valence-corrected chi connectivity index (χ0v) is 11.0. The second kappa shape index (κ2) is 5.48. The Morgan fingerprint density at radius 1 is 1.47 bits per heavy atom. The third-order valence-electron chi connectivity index (χ3n) is 3.64. The Balaban J connectivity index is 2.16. The van der Waals surface area contributed by atoms with Crippen LogP contribution in [0.3, 0.4) is 0 Å². The van der Waals surface area contributed by atoms with Crippen LogP contribution in [0.5, 0.6) is 0 Å². The fourth-order valence-electron chi connectivity index (χ4n) is 2.55. The van der Waals surface area contributed by atoms with E-state index in [1.165, 1.54) is 4.57 Å². The van der Waals surface area contributed by atoms with Gasteiger partial charge in [0.25, 0.3) is 5.56 Å². The number of hydrogen-bond acceptors (Lipinski definition) is 5.